The Kier molecular flexibility index (Phi) is 3.74. The van der Waals surface area contributed by atoms with E-state index in [1.165, 1.54) is 0 Å². The molecule has 0 N–H and O–H groups in total. The number of hydrogen-bond acceptors (Lipinski definition) is 1. The molecular formula is C12H16ClNS. The number of hydrogen-bond donors (Lipinski definition) is 0. The second-order valence-electron chi connectivity index (χ2n) is 4.25. The first kappa shape index (κ1) is 12.5. The smallest absolute Gasteiger partial charge is 0.108 e. The quantitative estimate of drug-likeness (QED) is 0.577. The van der Waals surface area contributed by atoms with E-state index in [4.69, 9.17) is 23.8 Å². The zero-order valence-corrected chi connectivity index (χ0v) is 11.1. The van der Waals surface area contributed by atoms with Crippen LogP contribution in [0.15, 0.2) is 24.3 Å². The molecule has 1 aromatic carbocycles. The van der Waals surface area contributed by atoms with Crippen LogP contribution in [0.3, 0.4) is 0 Å². The topological polar surface area (TPSA) is 3.24 Å². The molecule has 0 spiro atoms. The van der Waals surface area contributed by atoms with E-state index in [0.29, 0.717) is 0 Å². The maximum atomic E-state index is 6.21. The molecule has 1 aromatic rings. The Morgan fingerprint density at radius 3 is 2.00 bits per heavy atom. The molecule has 0 saturated carbocycles. The molecule has 0 aliphatic heterocycles. The van der Waals surface area contributed by atoms with Crippen LogP contribution in [0.5, 0.6) is 0 Å². The number of thiocarbonyl (C=S) groups is 1. The molecule has 0 aromatic heterocycles. The number of nitrogens with zero attached hydrogens (tertiary/aromatic N) is 1. The van der Waals surface area contributed by atoms with Gasteiger partial charge in [0, 0.05) is 19.7 Å². The van der Waals surface area contributed by atoms with Crippen molar-refractivity contribution in [2.45, 2.75) is 18.7 Å². The summed E-state index contributed by atoms with van der Waals surface area (Å²) < 4.78 is 0. The van der Waals surface area contributed by atoms with Gasteiger partial charge in [0.25, 0.3) is 0 Å². The number of alkyl halides is 1. The van der Waals surface area contributed by atoms with E-state index in [9.17, 15) is 0 Å². The molecule has 1 nitrogen and oxygen atoms in total. The summed E-state index contributed by atoms with van der Waals surface area (Å²) in [5, 5.41) is 0. The molecule has 0 bridgehead atoms. The fraction of sp³-hybridized carbons (Fsp3) is 0.417. The molecule has 15 heavy (non-hydrogen) atoms. The van der Waals surface area contributed by atoms with Gasteiger partial charge in [0.1, 0.15) is 4.99 Å². The van der Waals surface area contributed by atoms with Gasteiger partial charge in [-0.05, 0) is 19.4 Å². The third kappa shape index (κ3) is 3.18. The lowest BCUT2D eigenvalue weighted by Crippen LogP contribution is -2.20. The number of benzene rings is 1. The molecule has 0 aliphatic carbocycles. The van der Waals surface area contributed by atoms with Gasteiger partial charge in [0.15, 0.2) is 0 Å². The zero-order chi connectivity index (χ0) is 11.6. The van der Waals surface area contributed by atoms with Gasteiger partial charge in [-0.25, -0.2) is 0 Å². The van der Waals surface area contributed by atoms with Crippen LogP contribution >= 0.6 is 23.8 Å². The van der Waals surface area contributed by atoms with Crippen molar-refractivity contribution in [3.05, 3.63) is 35.4 Å². The minimum Gasteiger partial charge on any atom is -0.368 e. The maximum Gasteiger partial charge on any atom is 0.108 e. The van der Waals surface area contributed by atoms with Gasteiger partial charge >= 0.3 is 0 Å². The SMILES string of the molecule is CN(C)C(=S)c1ccc(C(C)(C)Cl)cc1. The van der Waals surface area contributed by atoms with E-state index in [1.54, 1.807) is 0 Å². The molecule has 1 rings (SSSR count). The highest BCUT2D eigenvalue weighted by molar-refractivity contribution is 7.80. The Labute approximate surface area is 102 Å². The number of rotatable bonds is 2. The van der Waals surface area contributed by atoms with E-state index in [2.05, 4.69) is 0 Å². The number of halogens is 1. The maximum absolute atomic E-state index is 6.21. The van der Waals surface area contributed by atoms with Crippen LogP contribution in [0.1, 0.15) is 25.0 Å². The molecule has 0 unspecified atom stereocenters. The summed E-state index contributed by atoms with van der Waals surface area (Å²) in [5.74, 6) is 0. The van der Waals surface area contributed by atoms with E-state index in [0.717, 1.165) is 16.1 Å². The summed E-state index contributed by atoms with van der Waals surface area (Å²) in [6.45, 7) is 3.96. The van der Waals surface area contributed by atoms with E-state index in [-0.39, 0.29) is 4.87 Å². The lowest BCUT2D eigenvalue weighted by molar-refractivity contribution is 0.636. The Hall–Kier alpha value is -0.600. The van der Waals surface area contributed by atoms with Gasteiger partial charge in [0.2, 0.25) is 0 Å². The standard InChI is InChI=1S/C12H16ClNS/c1-12(2,13)10-7-5-9(6-8-10)11(15)14(3)4/h5-8H,1-4H3. The van der Waals surface area contributed by atoms with Crippen molar-refractivity contribution in [3.8, 4) is 0 Å². The summed E-state index contributed by atoms with van der Waals surface area (Å²) in [7, 11) is 3.89. The Morgan fingerprint density at radius 2 is 1.67 bits per heavy atom. The molecule has 82 valence electrons. The second kappa shape index (κ2) is 4.50. The monoisotopic (exact) mass is 241 g/mol. The third-order valence-corrected chi connectivity index (χ3v) is 3.04. The first-order valence-corrected chi connectivity index (χ1v) is 5.62. The van der Waals surface area contributed by atoms with Crippen molar-refractivity contribution in [1.29, 1.82) is 0 Å². The van der Waals surface area contributed by atoms with Crippen molar-refractivity contribution in [1.82, 2.24) is 4.90 Å². The van der Waals surface area contributed by atoms with Crippen molar-refractivity contribution < 1.29 is 0 Å². The fourth-order valence-corrected chi connectivity index (χ4v) is 1.53. The van der Waals surface area contributed by atoms with Gasteiger partial charge in [-0.2, -0.15) is 0 Å². The van der Waals surface area contributed by atoms with Gasteiger partial charge in [-0.3, -0.25) is 0 Å². The van der Waals surface area contributed by atoms with Crippen LogP contribution in [-0.4, -0.2) is 24.0 Å². The largest absolute Gasteiger partial charge is 0.368 e. The predicted molar refractivity (Wildman–Crippen MR) is 70.7 cm³/mol. The van der Waals surface area contributed by atoms with Crippen LogP contribution < -0.4 is 0 Å². The van der Waals surface area contributed by atoms with Crippen LogP contribution in [0.2, 0.25) is 0 Å². The molecule has 0 heterocycles. The Morgan fingerprint density at radius 1 is 1.20 bits per heavy atom. The molecule has 0 atom stereocenters. The average molecular weight is 242 g/mol. The van der Waals surface area contributed by atoms with Crippen LogP contribution in [0, 0.1) is 0 Å². The van der Waals surface area contributed by atoms with Crippen LogP contribution in [-0.2, 0) is 4.87 Å². The highest BCUT2D eigenvalue weighted by Gasteiger charge is 2.16. The van der Waals surface area contributed by atoms with Crippen molar-refractivity contribution in [2.24, 2.45) is 0 Å². The van der Waals surface area contributed by atoms with E-state index >= 15 is 0 Å². The summed E-state index contributed by atoms with van der Waals surface area (Å²) >= 11 is 11.5. The average Bonchev–Trinajstić information content (AvgIpc) is 2.15. The molecule has 3 heteroatoms. The summed E-state index contributed by atoms with van der Waals surface area (Å²) in [6.07, 6.45) is 0. The van der Waals surface area contributed by atoms with Gasteiger partial charge in [-0.15, -0.1) is 11.6 Å². The van der Waals surface area contributed by atoms with Crippen LogP contribution in [0.25, 0.3) is 0 Å². The third-order valence-electron chi connectivity index (χ3n) is 2.22. The highest BCUT2D eigenvalue weighted by Crippen LogP contribution is 2.27. The van der Waals surface area contributed by atoms with E-state index < -0.39 is 0 Å². The van der Waals surface area contributed by atoms with Crippen molar-refractivity contribution >= 4 is 28.8 Å². The predicted octanol–water partition coefficient (Wildman–Crippen LogP) is 3.40. The van der Waals surface area contributed by atoms with Crippen molar-refractivity contribution in [2.75, 3.05) is 14.1 Å². The fourth-order valence-electron chi connectivity index (χ4n) is 1.27. The summed E-state index contributed by atoms with van der Waals surface area (Å²) in [5.41, 5.74) is 2.16. The lowest BCUT2D eigenvalue weighted by Gasteiger charge is -2.18. The van der Waals surface area contributed by atoms with Gasteiger partial charge in [0.05, 0.1) is 4.87 Å². The Bertz CT molecular complexity index is 349. The molecule has 0 amide bonds. The summed E-state index contributed by atoms with van der Waals surface area (Å²) in [6, 6.07) is 8.08. The molecule has 0 saturated heterocycles. The van der Waals surface area contributed by atoms with E-state index in [1.807, 2.05) is 57.1 Å². The minimum absolute atomic E-state index is 0.321. The van der Waals surface area contributed by atoms with Crippen LogP contribution in [0.4, 0.5) is 0 Å². The highest BCUT2D eigenvalue weighted by atomic mass is 35.5. The Balaban J connectivity index is 2.96. The molecule has 0 radical (unpaired) electrons. The molecule has 0 aliphatic rings. The minimum atomic E-state index is -0.321. The first-order chi connectivity index (χ1) is 6.82. The van der Waals surface area contributed by atoms with Gasteiger partial charge in [-0.1, -0.05) is 36.5 Å². The van der Waals surface area contributed by atoms with Crippen molar-refractivity contribution in [3.63, 3.8) is 0 Å². The molecule has 0 fully saturated rings. The molecular weight excluding hydrogens is 226 g/mol. The lowest BCUT2D eigenvalue weighted by atomic mass is 10.0. The normalized spacial score (nSPS) is 11.3. The van der Waals surface area contributed by atoms with Gasteiger partial charge < -0.3 is 4.90 Å². The summed E-state index contributed by atoms with van der Waals surface area (Å²) in [4.78, 5) is 2.45. The first-order valence-electron chi connectivity index (χ1n) is 4.83. The zero-order valence-electron chi connectivity index (χ0n) is 9.54. The second-order valence-corrected chi connectivity index (χ2v) is 5.58.